The number of benzene rings is 1. The van der Waals surface area contributed by atoms with Gasteiger partial charge in [-0.05, 0) is 58.2 Å². The molecule has 0 spiro atoms. The van der Waals surface area contributed by atoms with Crippen molar-refractivity contribution in [3.8, 4) is 0 Å². The molecule has 1 aromatic carbocycles. The number of hydrogen-bond acceptors (Lipinski definition) is 3. The van der Waals surface area contributed by atoms with Crippen LogP contribution in [-0.2, 0) is 4.74 Å². The Bertz CT molecular complexity index is 604. The number of carbonyl (C=O) groups is 1. The van der Waals surface area contributed by atoms with E-state index in [4.69, 9.17) is 16.3 Å². The zero-order chi connectivity index (χ0) is 18.6. The third-order valence-electron chi connectivity index (χ3n) is 4.24. The maximum Gasteiger partial charge on any atom is 0.410 e. The molecule has 0 aromatic heterocycles. The molecule has 1 saturated heterocycles. The van der Waals surface area contributed by atoms with Gasteiger partial charge in [-0.2, -0.15) is 0 Å². The second kappa shape index (κ2) is 8.74. The molecule has 2 atom stereocenters. The van der Waals surface area contributed by atoms with Crippen molar-refractivity contribution in [2.75, 3.05) is 13.1 Å². The molecule has 1 aliphatic heterocycles. The van der Waals surface area contributed by atoms with Crippen LogP contribution in [0.2, 0.25) is 5.02 Å². The summed E-state index contributed by atoms with van der Waals surface area (Å²) < 4.78 is 6.51. The van der Waals surface area contributed by atoms with Gasteiger partial charge in [0.1, 0.15) is 5.60 Å². The molecule has 1 aromatic rings. The molecule has 1 N–H and O–H groups in total. The Morgan fingerprint density at radius 3 is 2.76 bits per heavy atom. The maximum absolute atomic E-state index is 12.4. The van der Waals surface area contributed by atoms with Gasteiger partial charge in [0.15, 0.2) is 0 Å². The lowest BCUT2D eigenvalue weighted by Crippen LogP contribution is -2.45. The second-order valence-electron chi connectivity index (χ2n) is 7.67. The number of hydrogen-bond donors (Lipinski definition) is 1. The molecular formula is C19H28BrClN2O2. The van der Waals surface area contributed by atoms with Crippen molar-refractivity contribution in [3.05, 3.63) is 33.3 Å². The van der Waals surface area contributed by atoms with Crippen LogP contribution >= 0.6 is 27.5 Å². The number of nitrogens with one attached hydrogen (secondary N) is 1. The van der Waals surface area contributed by atoms with Crippen LogP contribution in [0.25, 0.3) is 0 Å². The topological polar surface area (TPSA) is 41.6 Å². The molecule has 1 aliphatic rings. The van der Waals surface area contributed by atoms with Gasteiger partial charge < -0.3 is 15.0 Å². The number of nitrogens with zero attached hydrogens (tertiary/aromatic N) is 1. The first kappa shape index (κ1) is 20.5. The van der Waals surface area contributed by atoms with Gasteiger partial charge in [0.05, 0.1) is 0 Å². The van der Waals surface area contributed by atoms with Crippen molar-refractivity contribution in [2.24, 2.45) is 0 Å². The fourth-order valence-corrected chi connectivity index (χ4v) is 3.90. The zero-order valence-corrected chi connectivity index (χ0v) is 17.8. The van der Waals surface area contributed by atoms with Crippen molar-refractivity contribution >= 4 is 33.6 Å². The van der Waals surface area contributed by atoms with E-state index < -0.39 is 5.60 Å². The highest BCUT2D eigenvalue weighted by molar-refractivity contribution is 9.10. The smallest absolute Gasteiger partial charge is 0.410 e. The van der Waals surface area contributed by atoms with Gasteiger partial charge in [-0.1, -0.05) is 40.0 Å². The SMILES string of the molecule is CC(NC1CCCCN(C(=O)OC(C)(C)C)C1)c1ccc(Br)cc1Cl. The van der Waals surface area contributed by atoms with Crippen LogP contribution in [-0.4, -0.2) is 35.7 Å². The molecule has 0 bridgehead atoms. The van der Waals surface area contributed by atoms with Crippen molar-refractivity contribution in [3.63, 3.8) is 0 Å². The second-order valence-corrected chi connectivity index (χ2v) is 9.00. The summed E-state index contributed by atoms with van der Waals surface area (Å²) in [6.45, 7) is 9.22. The molecule has 2 rings (SSSR count). The number of likely N-dealkylation sites (tertiary alicyclic amines) is 1. The lowest BCUT2D eigenvalue weighted by Gasteiger charge is -2.30. The Morgan fingerprint density at radius 1 is 1.40 bits per heavy atom. The highest BCUT2D eigenvalue weighted by atomic mass is 79.9. The van der Waals surface area contributed by atoms with E-state index in [0.717, 1.165) is 40.9 Å². The van der Waals surface area contributed by atoms with Crippen molar-refractivity contribution < 1.29 is 9.53 Å². The summed E-state index contributed by atoms with van der Waals surface area (Å²) in [5.41, 5.74) is 0.600. The predicted octanol–water partition coefficient (Wildman–Crippen LogP) is 5.54. The molecule has 1 fully saturated rings. The normalized spacial score (nSPS) is 20.1. The summed E-state index contributed by atoms with van der Waals surface area (Å²) >= 11 is 9.81. The van der Waals surface area contributed by atoms with E-state index in [2.05, 4.69) is 28.2 Å². The fraction of sp³-hybridized carbons (Fsp3) is 0.632. The number of carbonyl (C=O) groups excluding carboxylic acids is 1. The minimum absolute atomic E-state index is 0.115. The van der Waals surface area contributed by atoms with E-state index in [0.29, 0.717) is 6.54 Å². The van der Waals surface area contributed by atoms with E-state index in [1.165, 1.54) is 0 Å². The van der Waals surface area contributed by atoms with E-state index in [1.54, 1.807) is 0 Å². The summed E-state index contributed by atoms with van der Waals surface area (Å²) in [6, 6.07) is 6.29. The van der Waals surface area contributed by atoms with Gasteiger partial charge in [-0.3, -0.25) is 0 Å². The Labute approximate surface area is 164 Å². The molecule has 2 unspecified atom stereocenters. The van der Waals surface area contributed by atoms with Crippen LogP contribution in [0.15, 0.2) is 22.7 Å². The third kappa shape index (κ3) is 6.46. The molecule has 140 valence electrons. The van der Waals surface area contributed by atoms with Gasteiger partial charge in [-0.15, -0.1) is 0 Å². The van der Waals surface area contributed by atoms with Crippen molar-refractivity contribution in [2.45, 2.75) is 64.6 Å². The summed E-state index contributed by atoms with van der Waals surface area (Å²) in [7, 11) is 0. The minimum Gasteiger partial charge on any atom is -0.444 e. The summed E-state index contributed by atoms with van der Waals surface area (Å²) in [5.74, 6) is 0. The number of halogens is 2. The number of rotatable bonds is 3. The average molecular weight is 432 g/mol. The quantitative estimate of drug-likeness (QED) is 0.683. The van der Waals surface area contributed by atoms with Crippen LogP contribution in [0.5, 0.6) is 0 Å². The Hall–Kier alpha value is -0.780. The van der Waals surface area contributed by atoms with Crippen LogP contribution in [0.4, 0.5) is 4.79 Å². The highest BCUT2D eigenvalue weighted by Crippen LogP contribution is 2.27. The Morgan fingerprint density at radius 2 is 2.12 bits per heavy atom. The van der Waals surface area contributed by atoms with Crippen LogP contribution in [0, 0.1) is 0 Å². The molecule has 0 aliphatic carbocycles. The minimum atomic E-state index is -0.468. The molecular weight excluding hydrogens is 404 g/mol. The zero-order valence-electron chi connectivity index (χ0n) is 15.4. The van der Waals surface area contributed by atoms with Gasteiger partial charge >= 0.3 is 6.09 Å². The molecule has 0 radical (unpaired) electrons. The fourth-order valence-electron chi connectivity index (χ4n) is 3.07. The molecule has 25 heavy (non-hydrogen) atoms. The molecule has 0 saturated carbocycles. The molecule has 1 amide bonds. The van der Waals surface area contributed by atoms with Crippen LogP contribution in [0.3, 0.4) is 0 Å². The Kier molecular flexibility index (Phi) is 7.18. The first-order chi connectivity index (χ1) is 11.7. The number of ether oxygens (including phenoxy) is 1. The monoisotopic (exact) mass is 430 g/mol. The lowest BCUT2D eigenvalue weighted by atomic mass is 10.1. The van der Waals surface area contributed by atoms with Gasteiger partial charge in [0.25, 0.3) is 0 Å². The van der Waals surface area contributed by atoms with E-state index in [9.17, 15) is 4.79 Å². The summed E-state index contributed by atoms with van der Waals surface area (Å²) in [6.07, 6.45) is 2.91. The van der Waals surface area contributed by atoms with E-state index >= 15 is 0 Å². The first-order valence-electron chi connectivity index (χ1n) is 8.84. The van der Waals surface area contributed by atoms with Gasteiger partial charge in [0, 0.05) is 34.7 Å². The van der Waals surface area contributed by atoms with E-state index in [1.807, 2.05) is 43.9 Å². The largest absolute Gasteiger partial charge is 0.444 e. The predicted molar refractivity (Wildman–Crippen MR) is 106 cm³/mol. The van der Waals surface area contributed by atoms with Crippen molar-refractivity contribution in [1.29, 1.82) is 0 Å². The van der Waals surface area contributed by atoms with Gasteiger partial charge in [0.2, 0.25) is 0 Å². The van der Waals surface area contributed by atoms with E-state index in [-0.39, 0.29) is 18.2 Å². The van der Waals surface area contributed by atoms with Crippen LogP contribution in [0.1, 0.15) is 58.6 Å². The standard InChI is InChI=1S/C19H28BrClN2O2/c1-13(16-9-8-14(20)11-17(16)21)22-15-7-5-6-10-23(12-15)18(24)25-19(2,3)4/h8-9,11,13,15,22H,5-7,10,12H2,1-4H3. The lowest BCUT2D eigenvalue weighted by molar-refractivity contribution is 0.0242. The number of amides is 1. The van der Waals surface area contributed by atoms with Crippen LogP contribution < -0.4 is 5.32 Å². The third-order valence-corrected chi connectivity index (χ3v) is 5.06. The molecule has 4 nitrogen and oxygen atoms in total. The first-order valence-corrected chi connectivity index (χ1v) is 10.0. The average Bonchev–Trinajstić information content (AvgIpc) is 2.71. The summed E-state index contributed by atoms with van der Waals surface area (Å²) in [5, 5.41) is 4.38. The molecule has 6 heteroatoms. The van der Waals surface area contributed by atoms with Gasteiger partial charge in [-0.25, -0.2) is 4.79 Å². The highest BCUT2D eigenvalue weighted by Gasteiger charge is 2.27. The Balaban J connectivity index is 2.01. The molecule has 1 heterocycles. The summed E-state index contributed by atoms with van der Waals surface area (Å²) in [4.78, 5) is 14.2. The maximum atomic E-state index is 12.4. The van der Waals surface area contributed by atoms with Crippen molar-refractivity contribution in [1.82, 2.24) is 10.2 Å².